The quantitative estimate of drug-likeness (QED) is 0.650. The monoisotopic (exact) mass is 432 g/mol. The van der Waals surface area contributed by atoms with Crippen molar-refractivity contribution >= 4 is 10.9 Å². The van der Waals surface area contributed by atoms with Crippen LogP contribution in [0.4, 0.5) is 0 Å². The highest BCUT2D eigenvalue weighted by Crippen LogP contribution is 2.69. The molecule has 2 aromatic carbocycles. The molecule has 4 atom stereocenters. The Hall–Kier alpha value is -2.50. The number of fused-ring (bicyclic) bond motifs is 4. The van der Waals surface area contributed by atoms with E-state index in [1.54, 1.807) is 12.1 Å². The molecule has 5 aliphatic rings. The van der Waals surface area contributed by atoms with Gasteiger partial charge in [-0.15, -0.1) is 0 Å². The number of likely N-dealkylation sites (tertiary alicyclic amines) is 1. The topological polar surface area (TPSA) is 57.9 Å². The molecule has 2 N–H and O–H groups in total. The van der Waals surface area contributed by atoms with Gasteiger partial charge in [-0.25, -0.2) is 0 Å². The molecule has 0 unspecified atom stereocenters. The maximum Gasteiger partial charge on any atom is 0.166 e. The van der Waals surface area contributed by atoms with E-state index in [2.05, 4.69) is 4.90 Å². The van der Waals surface area contributed by atoms with E-state index in [0.717, 1.165) is 59.6 Å². The van der Waals surface area contributed by atoms with Crippen LogP contribution >= 0.6 is 0 Å². The molecule has 5 nitrogen and oxygen atoms in total. The molecule has 5 heteroatoms. The number of aryl methyl sites for hydroxylation is 1. The molecule has 2 aliphatic heterocycles. The molecule has 3 aromatic rings. The Morgan fingerprint density at radius 3 is 3.00 bits per heavy atom. The van der Waals surface area contributed by atoms with Crippen molar-refractivity contribution in [1.82, 2.24) is 9.47 Å². The van der Waals surface area contributed by atoms with Crippen LogP contribution < -0.4 is 4.74 Å². The first-order valence-electron chi connectivity index (χ1n) is 12.9. The molecule has 3 heterocycles. The van der Waals surface area contributed by atoms with E-state index >= 15 is 0 Å². The van der Waals surface area contributed by atoms with E-state index in [9.17, 15) is 10.2 Å². The summed E-state index contributed by atoms with van der Waals surface area (Å²) < 4.78 is 25.6. The number of benzene rings is 2. The zero-order valence-electron chi connectivity index (χ0n) is 20.2. The molecular formula is C27H28N2O3. The summed E-state index contributed by atoms with van der Waals surface area (Å²) in [5.74, 6) is 1.40. The van der Waals surface area contributed by atoms with E-state index in [1.165, 1.54) is 18.4 Å². The average molecular weight is 433 g/mol. The molecule has 3 aliphatic carbocycles. The lowest BCUT2D eigenvalue weighted by molar-refractivity contribution is -0.173. The molecule has 2 bridgehead atoms. The van der Waals surface area contributed by atoms with Gasteiger partial charge in [0.05, 0.1) is 19.5 Å². The molecule has 1 saturated heterocycles. The Labute approximate surface area is 190 Å². The highest BCUT2D eigenvalue weighted by atomic mass is 16.5. The average Bonchev–Trinajstić information content (AvgIpc) is 3.46. The van der Waals surface area contributed by atoms with Crippen LogP contribution in [0, 0.1) is 5.92 Å². The molecule has 1 saturated carbocycles. The largest absolute Gasteiger partial charge is 0.504 e. The number of aliphatic hydroxyl groups is 1. The molecule has 8 rings (SSSR count). The van der Waals surface area contributed by atoms with E-state index < -0.39 is 17.1 Å². The number of piperidine rings is 1. The fourth-order valence-corrected chi connectivity index (χ4v) is 7.79. The Morgan fingerprint density at radius 2 is 2.16 bits per heavy atom. The molecular weight excluding hydrogens is 400 g/mol. The van der Waals surface area contributed by atoms with Crippen LogP contribution in [0.1, 0.15) is 50.5 Å². The van der Waals surface area contributed by atoms with E-state index in [4.69, 9.17) is 7.48 Å². The number of hydrogen-bond acceptors (Lipinski definition) is 4. The smallest absolute Gasteiger partial charge is 0.166 e. The summed E-state index contributed by atoms with van der Waals surface area (Å²) in [6.45, 7) is 1.95. The van der Waals surface area contributed by atoms with Crippen molar-refractivity contribution in [3.8, 4) is 11.5 Å². The van der Waals surface area contributed by atoms with Gasteiger partial charge in [0, 0.05) is 42.5 Å². The lowest BCUT2D eigenvalue weighted by Crippen LogP contribution is -2.74. The predicted molar refractivity (Wildman–Crippen MR) is 121 cm³/mol. The molecule has 164 valence electrons. The van der Waals surface area contributed by atoms with Crippen molar-refractivity contribution in [1.29, 1.82) is 0 Å². The second-order valence-electron chi connectivity index (χ2n) is 10.7. The molecule has 0 amide bonds. The highest BCUT2D eigenvalue weighted by molar-refractivity contribution is 5.87. The number of nitrogens with zero attached hydrogens (tertiary/aromatic N) is 2. The molecule has 1 spiro atoms. The number of phenolic OH excluding ortho intramolecular Hbond substituents is 1. The number of para-hydroxylation sites is 1. The van der Waals surface area contributed by atoms with Crippen molar-refractivity contribution in [2.75, 3.05) is 13.1 Å². The lowest BCUT2D eigenvalue weighted by atomic mass is 9.49. The van der Waals surface area contributed by atoms with Gasteiger partial charge in [0.15, 0.2) is 17.6 Å². The minimum atomic E-state index is -1.04. The van der Waals surface area contributed by atoms with Crippen LogP contribution in [0.2, 0.25) is 0 Å². The van der Waals surface area contributed by atoms with Crippen LogP contribution in [0.15, 0.2) is 36.4 Å². The van der Waals surface area contributed by atoms with Gasteiger partial charge in [0.1, 0.15) is 0 Å². The van der Waals surface area contributed by atoms with Crippen molar-refractivity contribution in [2.45, 2.75) is 55.3 Å². The first-order chi connectivity index (χ1) is 16.3. The first-order valence-corrected chi connectivity index (χ1v) is 11.9. The minimum absolute atomic E-state index is 0.0194. The van der Waals surface area contributed by atoms with Gasteiger partial charge in [0.2, 0.25) is 0 Å². The standard InChI is InChI=1S/C27H28N2O3/c1-28-19-5-3-2-4-17(19)18-13-27(31)21-12-16-8-9-20(30)24-22(16)26(27,25(32-24)23(18)28)10-11-29(21)14-15-6-7-15/h2-5,8-9,15,21,25,30-31H,6-7,10-14H2,1H3/t21-,25-,26-,27+/m0/s1/i2T,5T. The number of hydrogen-bond donors (Lipinski definition) is 2. The Balaban J connectivity index is 1.45. The Bertz CT molecular complexity index is 1430. The van der Waals surface area contributed by atoms with Crippen LogP contribution in [-0.2, 0) is 25.3 Å². The number of aromatic hydroxyl groups is 1. The third-order valence-electron chi connectivity index (χ3n) is 9.31. The second-order valence-corrected chi connectivity index (χ2v) is 10.7. The van der Waals surface area contributed by atoms with Crippen molar-refractivity contribution in [3.63, 3.8) is 0 Å². The zero-order valence-corrected chi connectivity index (χ0v) is 18.2. The third kappa shape index (κ3) is 1.84. The van der Waals surface area contributed by atoms with Gasteiger partial charge in [-0.3, -0.25) is 4.90 Å². The Morgan fingerprint density at radius 1 is 1.28 bits per heavy atom. The van der Waals surface area contributed by atoms with Crippen LogP contribution in [-0.4, -0.2) is 44.4 Å². The fourth-order valence-electron chi connectivity index (χ4n) is 7.79. The van der Waals surface area contributed by atoms with E-state index in [-0.39, 0.29) is 11.8 Å². The van der Waals surface area contributed by atoms with Crippen molar-refractivity contribution in [2.24, 2.45) is 13.0 Å². The maximum absolute atomic E-state index is 12.9. The minimum Gasteiger partial charge on any atom is -0.504 e. The number of ether oxygens (including phenoxy) is 1. The van der Waals surface area contributed by atoms with Gasteiger partial charge in [-0.05, 0) is 61.4 Å². The summed E-state index contributed by atoms with van der Waals surface area (Å²) in [6, 6.07) is 7.80. The van der Waals surface area contributed by atoms with Gasteiger partial charge >= 0.3 is 0 Å². The number of aromatic nitrogens is 1. The van der Waals surface area contributed by atoms with Gasteiger partial charge < -0.3 is 19.5 Å². The second kappa shape index (κ2) is 5.52. The van der Waals surface area contributed by atoms with Crippen molar-refractivity contribution < 1.29 is 17.7 Å². The Kier molecular flexibility index (Phi) is 2.79. The number of phenols is 1. The summed E-state index contributed by atoms with van der Waals surface area (Å²) in [4.78, 5) is 2.52. The highest BCUT2D eigenvalue weighted by Gasteiger charge is 2.73. The van der Waals surface area contributed by atoms with Crippen molar-refractivity contribution in [3.05, 3.63) is 58.7 Å². The molecule has 2 fully saturated rings. The summed E-state index contributed by atoms with van der Waals surface area (Å²) in [5, 5.41) is 24.6. The lowest BCUT2D eigenvalue weighted by Gasteiger charge is -2.63. The van der Waals surface area contributed by atoms with Gasteiger partial charge in [0.25, 0.3) is 0 Å². The third-order valence-corrected chi connectivity index (χ3v) is 9.31. The first kappa shape index (κ1) is 16.2. The summed E-state index contributed by atoms with van der Waals surface area (Å²) in [7, 11) is 1.97. The molecule has 1 aromatic heterocycles. The maximum atomic E-state index is 12.9. The number of rotatable bonds is 2. The van der Waals surface area contributed by atoms with Gasteiger partial charge in [-0.2, -0.15) is 0 Å². The fraction of sp³-hybridized carbons (Fsp3) is 0.481. The van der Waals surface area contributed by atoms with Crippen LogP contribution in [0.25, 0.3) is 10.9 Å². The normalized spacial score (nSPS) is 35.2. The zero-order chi connectivity index (χ0) is 23.1. The van der Waals surface area contributed by atoms with E-state index in [1.807, 2.05) is 23.7 Å². The summed E-state index contributed by atoms with van der Waals surface area (Å²) >= 11 is 0. The predicted octanol–water partition coefficient (Wildman–Crippen LogP) is 3.58. The SMILES string of the molecule is [3H]c1cc([3H])c2c(c1)c1c(n2C)[C@@H]2Oc3c(O)ccc4c3[C@@]23CCN(CC2CC2)[C@@H](C4)[C@]3(O)C1. The summed E-state index contributed by atoms with van der Waals surface area (Å²) in [6.07, 6.45) is 4.12. The van der Waals surface area contributed by atoms with Crippen LogP contribution in [0.5, 0.6) is 11.5 Å². The van der Waals surface area contributed by atoms with Gasteiger partial charge in [-0.1, -0.05) is 24.2 Å². The molecule has 0 radical (unpaired) electrons. The summed E-state index contributed by atoms with van der Waals surface area (Å²) in [5.41, 5.74) is 3.29. The van der Waals surface area contributed by atoms with Crippen LogP contribution in [0.3, 0.4) is 0 Å². The van der Waals surface area contributed by atoms with E-state index in [0.29, 0.717) is 24.3 Å². The molecule has 32 heavy (non-hydrogen) atoms.